The summed E-state index contributed by atoms with van der Waals surface area (Å²) in [6.45, 7) is 1.06. The first-order valence-electron chi connectivity index (χ1n) is 7.83. The number of amides is 1. The molecule has 1 amide bonds. The summed E-state index contributed by atoms with van der Waals surface area (Å²) < 4.78 is 32.7. The number of hydrogen-bond donors (Lipinski definition) is 0. The maximum Gasteiger partial charge on any atom is 0.246 e. The first kappa shape index (κ1) is 19.2. The lowest BCUT2D eigenvalue weighted by Crippen LogP contribution is -2.50. The molecule has 2 heterocycles. The Labute approximate surface area is 165 Å². The average molecular weight is 460 g/mol. The number of hydrogen-bond acceptors (Lipinski definition) is 4. The quantitative estimate of drug-likeness (QED) is 0.658. The third-order valence-corrected chi connectivity index (χ3v) is 6.87. The van der Waals surface area contributed by atoms with Crippen molar-refractivity contribution in [3.63, 3.8) is 0 Å². The number of halogens is 2. The third-order valence-electron chi connectivity index (χ3n) is 4.00. The fourth-order valence-electron chi connectivity index (χ4n) is 2.62. The second-order valence-corrected chi connectivity index (χ2v) is 8.88. The van der Waals surface area contributed by atoms with Crippen molar-refractivity contribution >= 4 is 49.5 Å². The van der Waals surface area contributed by atoms with Crippen LogP contribution in [-0.4, -0.2) is 49.7 Å². The average Bonchev–Trinajstić information content (AvgIpc) is 3.13. The van der Waals surface area contributed by atoms with Gasteiger partial charge in [0.1, 0.15) is 10.7 Å². The summed E-state index contributed by atoms with van der Waals surface area (Å²) in [6, 6.07) is 8.15. The molecule has 9 heteroatoms. The largest absolute Gasteiger partial charge is 0.465 e. The Morgan fingerprint density at radius 3 is 2.54 bits per heavy atom. The molecule has 0 unspecified atom stereocenters. The number of sulfonamides is 1. The van der Waals surface area contributed by atoms with Gasteiger partial charge in [0.2, 0.25) is 15.9 Å². The molecule has 1 aliphatic rings. The van der Waals surface area contributed by atoms with Gasteiger partial charge in [0.05, 0.1) is 11.3 Å². The lowest BCUT2D eigenvalue weighted by Gasteiger charge is -2.33. The third kappa shape index (κ3) is 4.20. The summed E-state index contributed by atoms with van der Waals surface area (Å²) in [7, 11) is -3.70. The van der Waals surface area contributed by atoms with E-state index in [-0.39, 0.29) is 28.9 Å². The van der Waals surface area contributed by atoms with Crippen LogP contribution in [0.5, 0.6) is 0 Å². The van der Waals surface area contributed by atoms with Crippen molar-refractivity contribution in [2.24, 2.45) is 0 Å². The molecule has 0 N–H and O–H groups in total. The van der Waals surface area contributed by atoms with Crippen molar-refractivity contribution < 1.29 is 17.6 Å². The molecule has 138 valence electrons. The van der Waals surface area contributed by atoms with Crippen LogP contribution in [0.2, 0.25) is 5.02 Å². The van der Waals surface area contributed by atoms with Crippen LogP contribution in [0.3, 0.4) is 0 Å². The van der Waals surface area contributed by atoms with Crippen LogP contribution in [0.25, 0.3) is 6.08 Å². The fraction of sp³-hybridized carbons (Fsp3) is 0.235. The number of furan rings is 1. The van der Waals surface area contributed by atoms with E-state index in [1.165, 1.54) is 22.7 Å². The van der Waals surface area contributed by atoms with Crippen molar-refractivity contribution in [1.29, 1.82) is 0 Å². The van der Waals surface area contributed by atoms with Crippen molar-refractivity contribution in [3.8, 4) is 0 Å². The summed E-state index contributed by atoms with van der Waals surface area (Å²) in [4.78, 5) is 13.9. The fourth-order valence-corrected chi connectivity index (χ4v) is 5.05. The highest BCUT2D eigenvalue weighted by Gasteiger charge is 2.31. The van der Waals surface area contributed by atoms with E-state index in [4.69, 9.17) is 16.0 Å². The molecule has 1 fully saturated rings. The van der Waals surface area contributed by atoms with Gasteiger partial charge in [0.15, 0.2) is 0 Å². The van der Waals surface area contributed by atoms with Crippen LogP contribution < -0.4 is 0 Å². The van der Waals surface area contributed by atoms with Gasteiger partial charge in [0, 0.05) is 36.7 Å². The molecule has 0 saturated carbocycles. The van der Waals surface area contributed by atoms with E-state index >= 15 is 0 Å². The van der Waals surface area contributed by atoms with E-state index in [2.05, 4.69) is 15.9 Å². The summed E-state index contributed by atoms with van der Waals surface area (Å²) in [6.07, 6.45) is 4.54. The molecule has 1 aromatic carbocycles. The molecule has 1 aliphatic heterocycles. The molecule has 0 aliphatic carbocycles. The summed E-state index contributed by atoms with van der Waals surface area (Å²) in [5.74, 6) is 0.407. The number of carbonyl (C=O) groups excluding carboxylic acids is 1. The molecule has 3 rings (SSSR count). The summed E-state index contributed by atoms with van der Waals surface area (Å²) in [5.41, 5.74) is 0. The standard InChI is InChI=1S/C17H16BrClN2O4S/c18-13-3-5-16(15(19)12-13)26(23,24)21-9-7-20(8-10-21)17(22)6-4-14-2-1-11-25-14/h1-6,11-12H,7-10H2/b6-4+. The smallest absolute Gasteiger partial charge is 0.246 e. The highest BCUT2D eigenvalue weighted by molar-refractivity contribution is 9.10. The lowest BCUT2D eigenvalue weighted by molar-refractivity contribution is -0.127. The zero-order valence-electron chi connectivity index (χ0n) is 13.6. The Balaban J connectivity index is 1.65. The Kier molecular flexibility index (Phi) is 5.86. The van der Waals surface area contributed by atoms with Gasteiger partial charge in [-0.25, -0.2) is 8.42 Å². The lowest BCUT2D eigenvalue weighted by atomic mass is 10.3. The molecule has 1 aromatic heterocycles. The molecule has 26 heavy (non-hydrogen) atoms. The van der Waals surface area contributed by atoms with Crippen LogP contribution in [0, 0.1) is 0 Å². The second kappa shape index (κ2) is 7.96. The van der Waals surface area contributed by atoms with E-state index in [1.54, 1.807) is 35.2 Å². The number of carbonyl (C=O) groups is 1. The predicted molar refractivity (Wildman–Crippen MR) is 102 cm³/mol. The molecular weight excluding hydrogens is 444 g/mol. The SMILES string of the molecule is O=C(/C=C/c1ccco1)N1CCN(S(=O)(=O)c2ccc(Br)cc2Cl)CC1. The van der Waals surface area contributed by atoms with Crippen molar-refractivity contribution in [1.82, 2.24) is 9.21 Å². The van der Waals surface area contributed by atoms with Gasteiger partial charge in [-0.15, -0.1) is 0 Å². The van der Waals surface area contributed by atoms with E-state index in [9.17, 15) is 13.2 Å². The Hall–Kier alpha value is -1.61. The Morgan fingerprint density at radius 2 is 1.92 bits per heavy atom. The normalized spacial score (nSPS) is 16.3. The number of nitrogens with zero attached hydrogens (tertiary/aromatic N) is 2. The molecular formula is C17H16BrClN2O4S. The predicted octanol–water partition coefficient (Wildman–Crippen LogP) is 3.24. The summed E-state index contributed by atoms with van der Waals surface area (Å²) in [5, 5.41) is 0.166. The highest BCUT2D eigenvalue weighted by Crippen LogP contribution is 2.28. The van der Waals surface area contributed by atoms with E-state index in [0.29, 0.717) is 23.3 Å². The molecule has 0 atom stereocenters. The minimum absolute atomic E-state index is 0.0693. The maximum atomic E-state index is 12.8. The monoisotopic (exact) mass is 458 g/mol. The van der Waals surface area contributed by atoms with Crippen molar-refractivity contribution in [2.75, 3.05) is 26.2 Å². The van der Waals surface area contributed by atoms with Crippen LogP contribution >= 0.6 is 27.5 Å². The Morgan fingerprint density at radius 1 is 1.19 bits per heavy atom. The van der Waals surface area contributed by atoms with E-state index < -0.39 is 10.0 Å². The van der Waals surface area contributed by atoms with Gasteiger partial charge in [-0.2, -0.15) is 4.31 Å². The molecule has 0 bridgehead atoms. The zero-order valence-corrected chi connectivity index (χ0v) is 16.8. The van der Waals surface area contributed by atoms with Gasteiger partial charge < -0.3 is 9.32 Å². The van der Waals surface area contributed by atoms with Crippen LogP contribution in [-0.2, 0) is 14.8 Å². The molecule has 2 aromatic rings. The van der Waals surface area contributed by atoms with Crippen LogP contribution in [0.1, 0.15) is 5.76 Å². The highest BCUT2D eigenvalue weighted by atomic mass is 79.9. The first-order chi connectivity index (χ1) is 12.4. The molecule has 1 saturated heterocycles. The minimum atomic E-state index is -3.70. The molecule has 0 spiro atoms. The first-order valence-corrected chi connectivity index (χ1v) is 10.4. The topological polar surface area (TPSA) is 70.8 Å². The number of rotatable bonds is 4. The second-order valence-electron chi connectivity index (χ2n) is 5.65. The maximum absolute atomic E-state index is 12.8. The van der Waals surface area contributed by atoms with Gasteiger partial charge in [-0.3, -0.25) is 4.79 Å². The van der Waals surface area contributed by atoms with Crippen molar-refractivity contribution in [3.05, 3.63) is 57.9 Å². The molecule has 0 radical (unpaired) electrons. The van der Waals surface area contributed by atoms with Crippen LogP contribution in [0.4, 0.5) is 0 Å². The van der Waals surface area contributed by atoms with Crippen molar-refractivity contribution in [2.45, 2.75) is 4.90 Å². The molecule has 6 nitrogen and oxygen atoms in total. The van der Waals surface area contributed by atoms with Gasteiger partial charge in [-0.1, -0.05) is 27.5 Å². The van der Waals surface area contributed by atoms with Crippen LogP contribution in [0.15, 0.2) is 56.5 Å². The Bertz CT molecular complexity index is 920. The van der Waals surface area contributed by atoms with E-state index in [0.717, 1.165) is 0 Å². The number of benzene rings is 1. The van der Waals surface area contributed by atoms with E-state index in [1.807, 2.05) is 0 Å². The van der Waals surface area contributed by atoms with Gasteiger partial charge >= 0.3 is 0 Å². The zero-order chi connectivity index (χ0) is 18.7. The minimum Gasteiger partial charge on any atom is -0.465 e. The van der Waals surface area contributed by atoms with Gasteiger partial charge in [-0.05, 0) is 36.4 Å². The summed E-state index contributed by atoms with van der Waals surface area (Å²) >= 11 is 9.35. The number of piperazine rings is 1. The van der Waals surface area contributed by atoms with Gasteiger partial charge in [0.25, 0.3) is 0 Å².